The average molecular weight is 632 g/mol. The lowest BCUT2D eigenvalue weighted by atomic mass is 10.1. The zero-order valence-electron chi connectivity index (χ0n) is 24.5. The van der Waals surface area contributed by atoms with Crippen LogP contribution in [0.5, 0.6) is 5.88 Å². The van der Waals surface area contributed by atoms with Crippen LogP contribution in [0.25, 0.3) is 10.3 Å². The Morgan fingerprint density at radius 1 is 1.07 bits per heavy atom. The van der Waals surface area contributed by atoms with Crippen molar-refractivity contribution in [1.29, 1.82) is 0 Å². The number of nitrogens with zero attached hydrogens (tertiary/aromatic N) is 4. The number of likely N-dealkylation sites (N-methyl/N-ethyl adjacent to an activating group) is 1. The van der Waals surface area contributed by atoms with Crippen molar-refractivity contribution in [3.8, 4) is 5.88 Å². The molecular formula is C29H37N5O7S2. The molecule has 3 aromatic rings. The third-order valence-corrected chi connectivity index (χ3v) is 10.2. The highest BCUT2D eigenvalue weighted by molar-refractivity contribution is 7.91. The maximum Gasteiger partial charge on any atom is 0.280 e. The molecular weight excluding hydrogens is 594 g/mol. The molecule has 1 saturated carbocycles. The maximum atomic E-state index is 13.5. The Balaban J connectivity index is 1.33. The molecule has 1 saturated heterocycles. The van der Waals surface area contributed by atoms with E-state index in [1.165, 1.54) is 30.6 Å². The molecule has 1 N–H and O–H groups in total. The number of nitrogens with one attached hydrogen (secondary N) is 1. The van der Waals surface area contributed by atoms with Gasteiger partial charge in [0.15, 0.2) is 20.7 Å². The molecule has 3 atom stereocenters. The fraction of sp³-hybridized carbons (Fsp3) is 0.517. The molecule has 12 nitrogen and oxygen atoms in total. The first-order chi connectivity index (χ1) is 20.7. The summed E-state index contributed by atoms with van der Waals surface area (Å²) in [5.41, 5.74) is 1.04. The predicted octanol–water partition coefficient (Wildman–Crippen LogP) is 3.51. The summed E-state index contributed by atoms with van der Waals surface area (Å²) in [6, 6.07) is 9.67. The third-order valence-electron chi connectivity index (χ3n) is 7.51. The summed E-state index contributed by atoms with van der Waals surface area (Å²) in [4.78, 5) is 31.4. The summed E-state index contributed by atoms with van der Waals surface area (Å²) in [7, 11) is 1.75. The Morgan fingerprint density at radius 2 is 1.86 bits per heavy atom. The SMILES string of the molecule is COCCCS(=O)(=O)c1ccc(C(=NO[C@@H]2CC[C@@H](OC)C2)C(=O)Nc2nc3ccc(O[C@@H]4CCN(C)C4)nc3s2)cc1. The van der Waals surface area contributed by atoms with Crippen LogP contribution in [-0.2, 0) is 28.9 Å². The molecule has 1 aliphatic carbocycles. The number of hydrogen-bond acceptors (Lipinski definition) is 12. The molecule has 0 spiro atoms. The van der Waals surface area contributed by atoms with Gasteiger partial charge in [0.1, 0.15) is 22.6 Å². The first-order valence-corrected chi connectivity index (χ1v) is 16.7. The molecule has 2 aromatic heterocycles. The number of hydrogen-bond donors (Lipinski definition) is 1. The molecule has 14 heteroatoms. The first-order valence-electron chi connectivity index (χ1n) is 14.3. The number of amides is 1. The number of likely N-dealkylation sites (tertiary alicyclic amines) is 1. The van der Waals surface area contributed by atoms with E-state index in [2.05, 4.69) is 32.4 Å². The van der Waals surface area contributed by atoms with Crippen LogP contribution in [0.3, 0.4) is 0 Å². The fourth-order valence-electron chi connectivity index (χ4n) is 5.13. The Labute approximate surface area is 255 Å². The normalized spacial score (nSPS) is 21.4. The van der Waals surface area contributed by atoms with Crippen LogP contribution in [0.4, 0.5) is 5.13 Å². The second-order valence-electron chi connectivity index (χ2n) is 10.8. The highest BCUT2D eigenvalue weighted by Gasteiger charge is 2.27. The molecule has 3 heterocycles. The molecule has 0 radical (unpaired) electrons. The van der Waals surface area contributed by atoms with Crippen LogP contribution < -0.4 is 10.1 Å². The van der Waals surface area contributed by atoms with Gasteiger partial charge in [-0.1, -0.05) is 28.6 Å². The van der Waals surface area contributed by atoms with Gasteiger partial charge in [-0.15, -0.1) is 0 Å². The number of benzene rings is 1. The van der Waals surface area contributed by atoms with Crippen molar-refractivity contribution in [3.05, 3.63) is 42.0 Å². The Morgan fingerprint density at radius 3 is 2.56 bits per heavy atom. The number of carbonyl (C=O) groups is 1. The number of carbonyl (C=O) groups excluding carboxylic acids is 1. The second kappa shape index (κ2) is 14.1. The van der Waals surface area contributed by atoms with Crippen molar-refractivity contribution in [2.45, 2.75) is 55.3 Å². The van der Waals surface area contributed by atoms with E-state index in [1.807, 2.05) is 6.07 Å². The number of thiazole rings is 1. The Bertz CT molecular complexity index is 1540. The van der Waals surface area contributed by atoms with Crippen LogP contribution in [0, 0.1) is 0 Å². The number of methoxy groups -OCH3 is 2. The molecule has 232 valence electrons. The van der Waals surface area contributed by atoms with Gasteiger partial charge in [-0.25, -0.2) is 18.4 Å². The van der Waals surface area contributed by atoms with E-state index in [9.17, 15) is 13.2 Å². The third kappa shape index (κ3) is 8.06. The number of rotatable bonds is 13. The van der Waals surface area contributed by atoms with Gasteiger partial charge >= 0.3 is 0 Å². The van der Waals surface area contributed by atoms with Gasteiger partial charge in [-0.05, 0) is 50.9 Å². The van der Waals surface area contributed by atoms with Gasteiger partial charge in [0.25, 0.3) is 5.91 Å². The van der Waals surface area contributed by atoms with Gasteiger partial charge in [-0.3, -0.25) is 10.1 Å². The Hall–Kier alpha value is -3.17. The maximum absolute atomic E-state index is 13.5. The molecule has 1 amide bonds. The number of pyridine rings is 1. The topological polar surface area (TPSA) is 142 Å². The zero-order chi connectivity index (χ0) is 30.4. The van der Waals surface area contributed by atoms with Crippen molar-refractivity contribution in [2.75, 3.05) is 52.0 Å². The summed E-state index contributed by atoms with van der Waals surface area (Å²) < 4.78 is 41.9. The van der Waals surface area contributed by atoms with Crippen molar-refractivity contribution >= 4 is 48.3 Å². The van der Waals surface area contributed by atoms with E-state index in [1.54, 1.807) is 25.3 Å². The number of fused-ring (bicyclic) bond motifs is 1. The van der Waals surface area contributed by atoms with E-state index in [4.69, 9.17) is 19.0 Å². The van der Waals surface area contributed by atoms with Crippen LogP contribution in [-0.4, -0.2) is 99.9 Å². The molecule has 0 unspecified atom stereocenters. The number of anilines is 1. The minimum Gasteiger partial charge on any atom is -0.473 e. The van der Waals surface area contributed by atoms with Crippen molar-refractivity contribution in [1.82, 2.24) is 14.9 Å². The lowest BCUT2D eigenvalue weighted by Gasteiger charge is -2.12. The van der Waals surface area contributed by atoms with Gasteiger partial charge in [-0.2, -0.15) is 0 Å². The molecule has 2 fully saturated rings. The largest absolute Gasteiger partial charge is 0.473 e. The fourth-order valence-corrected chi connectivity index (χ4v) is 7.24. The number of aromatic nitrogens is 2. The van der Waals surface area contributed by atoms with Crippen LogP contribution in [0.2, 0.25) is 0 Å². The summed E-state index contributed by atoms with van der Waals surface area (Å²) in [5.74, 6) is -0.0573. The van der Waals surface area contributed by atoms with Crippen molar-refractivity contribution in [3.63, 3.8) is 0 Å². The van der Waals surface area contributed by atoms with E-state index in [0.29, 0.717) is 46.4 Å². The van der Waals surface area contributed by atoms with Gasteiger partial charge in [0.2, 0.25) is 5.88 Å². The van der Waals surface area contributed by atoms with Gasteiger partial charge < -0.3 is 23.9 Å². The monoisotopic (exact) mass is 631 g/mol. The van der Waals surface area contributed by atoms with Crippen molar-refractivity contribution < 1.29 is 32.3 Å². The zero-order valence-corrected chi connectivity index (χ0v) is 26.2. The number of oxime groups is 1. The highest BCUT2D eigenvalue weighted by Crippen LogP contribution is 2.28. The van der Waals surface area contributed by atoms with Gasteiger partial charge in [0, 0.05) is 52.0 Å². The molecule has 1 aliphatic heterocycles. The minimum atomic E-state index is -3.50. The molecule has 5 rings (SSSR count). The summed E-state index contributed by atoms with van der Waals surface area (Å²) in [5, 5.41) is 7.40. The average Bonchev–Trinajstić information content (AvgIpc) is 3.73. The van der Waals surface area contributed by atoms with Gasteiger partial charge in [0.05, 0.1) is 16.8 Å². The van der Waals surface area contributed by atoms with E-state index in [-0.39, 0.29) is 34.7 Å². The predicted molar refractivity (Wildman–Crippen MR) is 164 cm³/mol. The second-order valence-corrected chi connectivity index (χ2v) is 13.9. The van der Waals surface area contributed by atoms with Crippen molar-refractivity contribution in [2.24, 2.45) is 5.16 Å². The van der Waals surface area contributed by atoms with Crippen LogP contribution in [0.15, 0.2) is 46.4 Å². The molecule has 1 aromatic carbocycles. The van der Waals surface area contributed by atoms with E-state index < -0.39 is 15.7 Å². The number of ether oxygens (including phenoxy) is 3. The summed E-state index contributed by atoms with van der Waals surface area (Å²) in [6.45, 7) is 2.18. The molecule has 2 aliphatic rings. The highest BCUT2D eigenvalue weighted by atomic mass is 32.2. The lowest BCUT2D eigenvalue weighted by molar-refractivity contribution is -0.110. The van der Waals surface area contributed by atoms with E-state index >= 15 is 0 Å². The summed E-state index contributed by atoms with van der Waals surface area (Å²) in [6.07, 6.45) is 3.56. The quantitative estimate of drug-likeness (QED) is 0.169. The lowest BCUT2D eigenvalue weighted by Crippen LogP contribution is -2.25. The molecule has 0 bridgehead atoms. The minimum absolute atomic E-state index is 0.00536. The standard InChI is InChI=1S/C29H37N5O7S2/c1-34-14-13-22(18-34)40-25-12-11-24-28(31-25)42-29(30-24)32-27(35)26(33-41-21-8-7-20(17-21)39-3)19-5-9-23(10-6-19)43(36,37)16-4-15-38-2/h5-6,9-12,20-22H,4,7-8,13-18H2,1-3H3,(H,30,32,35)/t20-,21-,22-/m1/s1. The van der Waals surface area contributed by atoms with Crippen LogP contribution in [0.1, 0.15) is 37.7 Å². The summed E-state index contributed by atoms with van der Waals surface area (Å²) >= 11 is 1.23. The molecule has 43 heavy (non-hydrogen) atoms. The first kappa shape index (κ1) is 31.3. The number of sulfone groups is 1. The Kier molecular flexibility index (Phi) is 10.2. The van der Waals surface area contributed by atoms with E-state index in [0.717, 1.165) is 32.4 Å². The smallest absolute Gasteiger partial charge is 0.280 e. The van der Waals surface area contributed by atoms with Crippen LogP contribution >= 0.6 is 11.3 Å².